The number of halogens is 2. The lowest BCUT2D eigenvalue weighted by molar-refractivity contribution is -0.0241. The van der Waals surface area contributed by atoms with Crippen LogP contribution < -0.4 is 0 Å². The summed E-state index contributed by atoms with van der Waals surface area (Å²) in [5.41, 5.74) is 2.41. The Morgan fingerprint density at radius 1 is 1.24 bits per heavy atom. The number of aromatic nitrogens is 2. The number of rotatable bonds is 4. The fraction of sp³-hybridized carbons (Fsp3) is 0.280. The van der Waals surface area contributed by atoms with Crippen LogP contribution >= 0.6 is 0 Å². The molecule has 0 radical (unpaired) electrons. The molecule has 1 aliphatic heterocycles. The number of benzene rings is 1. The lowest BCUT2D eigenvalue weighted by Gasteiger charge is -2.32. The summed E-state index contributed by atoms with van der Waals surface area (Å²) in [6.45, 7) is 2.98. The molecule has 0 N–H and O–H groups in total. The first-order valence-electron chi connectivity index (χ1n) is 10.9. The maximum atomic E-state index is 15.3. The Kier molecular flexibility index (Phi) is 5.79. The number of furan rings is 1. The quantitative estimate of drug-likeness (QED) is 0.429. The average Bonchev–Trinajstić information content (AvgIpc) is 3.47. The molecule has 5 rings (SSSR count). The smallest absolute Gasteiger partial charge is 0.409 e. The highest BCUT2D eigenvalue weighted by Crippen LogP contribution is 2.34. The van der Waals surface area contributed by atoms with E-state index >= 15 is 8.78 Å². The first-order chi connectivity index (χ1) is 16.4. The van der Waals surface area contributed by atoms with Crippen LogP contribution in [0, 0.1) is 18.6 Å². The van der Waals surface area contributed by atoms with Gasteiger partial charge in [0.25, 0.3) is 0 Å². The zero-order chi connectivity index (χ0) is 23.8. The lowest BCUT2D eigenvalue weighted by atomic mass is 10.0. The van der Waals surface area contributed by atoms with Crippen LogP contribution in [0.15, 0.2) is 53.3 Å². The van der Waals surface area contributed by atoms with Crippen molar-refractivity contribution in [2.75, 3.05) is 26.8 Å². The Balaban J connectivity index is 1.58. The maximum absolute atomic E-state index is 15.3. The van der Waals surface area contributed by atoms with E-state index in [1.54, 1.807) is 17.0 Å². The summed E-state index contributed by atoms with van der Waals surface area (Å²) in [6, 6.07) is 9.53. The van der Waals surface area contributed by atoms with Gasteiger partial charge < -0.3 is 23.2 Å². The van der Waals surface area contributed by atoms with Crippen molar-refractivity contribution in [1.82, 2.24) is 14.3 Å². The van der Waals surface area contributed by atoms with Crippen LogP contribution in [0.2, 0.25) is 0 Å². The van der Waals surface area contributed by atoms with Gasteiger partial charge in [-0.2, -0.15) is 0 Å². The van der Waals surface area contributed by atoms with Gasteiger partial charge in [0.05, 0.1) is 49.6 Å². The van der Waals surface area contributed by atoms with Gasteiger partial charge in [0.2, 0.25) is 0 Å². The largest absolute Gasteiger partial charge is 0.464 e. The number of amides is 1. The van der Waals surface area contributed by atoms with Crippen molar-refractivity contribution >= 4 is 11.7 Å². The molecule has 1 aromatic carbocycles. The highest BCUT2D eigenvalue weighted by Gasteiger charge is 2.29. The van der Waals surface area contributed by atoms with Crippen molar-refractivity contribution in [2.24, 2.45) is 0 Å². The number of nitrogens with zero attached hydrogens (tertiary/aromatic N) is 3. The number of hydrogen-bond donors (Lipinski definition) is 0. The number of aryl methyl sites for hydroxylation is 1. The van der Waals surface area contributed by atoms with Gasteiger partial charge >= 0.3 is 6.09 Å². The zero-order valence-electron chi connectivity index (χ0n) is 18.8. The van der Waals surface area contributed by atoms with Gasteiger partial charge in [-0.1, -0.05) is 0 Å². The molecule has 7 nitrogen and oxygen atoms in total. The molecular formula is C25H23F2N3O4. The van der Waals surface area contributed by atoms with Crippen LogP contribution in [-0.4, -0.2) is 53.3 Å². The van der Waals surface area contributed by atoms with Crippen molar-refractivity contribution in [3.8, 4) is 22.6 Å². The summed E-state index contributed by atoms with van der Waals surface area (Å²) < 4.78 is 48.5. The number of morpholine rings is 1. The second-order valence-corrected chi connectivity index (χ2v) is 8.24. The molecule has 1 saturated heterocycles. The minimum Gasteiger partial charge on any atom is -0.464 e. The average molecular weight is 467 g/mol. The van der Waals surface area contributed by atoms with Crippen molar-refractivity contribution in [3.63, 3.8) is 0 Å². The van der Waals surface area contributed by atoms with E-state index in [4.69, 9.17) is 13.9 Å². The van der Waals surface area contributed by atoms with Crippen LogP contribution in [0.4, 0.5) is 13.6 Å². The number of imidazole rings is 1. The molecule has 0 saturated carbocycles. The van der Waals surface area contributed by atoms with E-state index in [0.717, 1.165) is 5.56 Å². The Bertz CT molecular complexity index is 1330. The zero-order valence-corrected chi connectivity index (χ0v) is 18.8. The summed E-state index contributed by atoms with van der Waals surface area (Å²) in [6.07, 6.45) is 2.74. The number of methoxy groups -OCH3 is 1. The standard InChI is InChI=1S/C25H23F2N3O4/c1-15-5-6-30-20(13-17-14-29(7-9-33-17)25(31)32-2)24(28-22(30)10-15)23-18(26)11-16(12-19(23)27)21-4-3-8-34-21/h3-6,8,10-12,17H,7,9,13-14H2,1-2H3/t17-/m0/s1. The fourth-order valence-electron chi connectivity index (χ4n) is 4.33. The monoisotopic (exact) mass is 467 g/mol. The topological polar surface area (TPSA) is 69.2 Å². The Hall–Kier alpha value is -3.72. The molecule has 1 atom stereocenters. The first-order valence-corrected chi connectivity index (χ1v) is 10.9. The Morgan fingerprint density at radius 2 is 2.03 bits per heavy atom. The Labute approximate surface area is 194 Å². The minimum atomic E-state index is -0.742. The first kappa shape index (κ1) is 22.1. The van der Waals surface area contributed by atoms with Gasteiger partial charge in [0.1, 0.15) is 23.0 Å². The van der Waals surface area contributed by atoms with Crippen molar-refractivity contribution in [3.05, 3.63) is 71.8 Å². The second kappa shape index (κ2) is 8.90. The third kappa shape index (κ3) is 4.03. The van der Waals surface area contributed by atoms with Gasteiger partial charge in [-0.15, -0.1) is 0 Å². The number of carbonyl (C=O) groups is 1. The predicted octanol–water partition coefficient (Wildman–Crippen LogP) is 4.86. The van der Waals surface area contributed by atoms with Crippen LogP contribution in [-0.2, 0) is 15.9 Å². The molecule has 34 heavy (non-hydrogen) atoms. The summed E-state index contributed by atoms with van der Waals surface area (Å²) in [5, 5.41) is 0. The second-order valence-electron chi connectivity index (χ2n) is 8.24. The molecule has 0 aliphatic carbocycles. The van der Waals surface area contributed by atoms with Crippen LogP contribution in [0.25, 0.3) is 28.2 Å². The van der Waals surface area contributed by atoms with E-state index in [9.17, 15) is 4.79 Å². The summed E-state index contributed by atoms with van der Waals surface area (Å²) in [5.74, 6) is -1.12. The van der Waals surface area contributed by atoms with E-state index in [2.05, 4.69) is 4.98 Å². The van der Waals surface area contributed by atoms with Crippen molar-refractivity contribution in [1.29, 1.82) is 0 Å². The molecule has 1 fully saturated rings. The molecule has 4 aromatic rings. The number of fused-ring (bicyclic) bond motifs is 1. The Morgan fingerprint density at radius 3 is 2.74 bits per heavy atom. The van der Waals surface area contributed by atoms with Gasteiger partial charge in [-0.05, 0) is 48.9 Å². The summed E-state index contributed by atoms with van der Waals surface area (Å²) in [7, 11) is 1.33. The third-order valence-corrected chi connectivity index (χ3v) is 5.96. The number of ether oxygens (including phenoxy) is 2. The highest BCUT2D eigenvalue weighted by molar-refractivity contribution is 5.72. The highest BCUT2D eigenvalue weighted by atomic mass is 19.1. The molecule has 0 bridgehead atoms. The van der Waals surface area contributed by atoms with Gasteiger partial charge in [-0.25, -0.2) is 18.6 Å². The maximum Gasteiger partial charge on any atom is 0.409 e. The molecule has 1 aliphatic rings. The molecular weight excluding hydrogens is 444 g/mol. The van der Waals surface area contributed by atoms with Gasteiger partial charge in [-0.3, -0.25) is 0 Å². The normalized spacial score (nSPS) is 16.2. The molecule has 4 heterocycles. The van der Waals surface area contributed by atoms with E-state index in [1.165, 1.54) is 25.5 Å². The SMILES string of the molecule is COC(=O)N1CCO[C@@H](Cc2c(-c3c(F)cc(-c4ccco4)cc3F)nc3cc(C)ccn23)C1. The van der Waals surface area contributed by atoms with Gasteiger partial charge in [0.15, 0.2) is 0 Å². The number of pyridine rings is 1. The molecule has 0 spiro atoms. The minimum absolute atomic E-state index is 0.199. The summed E-state index contributed by atoms with van der Waals surface area (Å²) in [4.78, 5) is 18.1. The summed E-state index contributed by atoms with van der Waals surface area (Å²) >= 11 is 0. The molecule has 9 heteroatoms. The van der Waals surface area contributed by atoms with E-state index in [1.807, 2.05) is 29.7 Å². The number of hydrogen-bond acceptors (Lipinski definition) is 5. The predicted molar refractivity (Wildman–Crippen MR) is 120 cm³/mol. The van der Waals surface area contributed by atoms with Crippen LogP contribution in [0.5, 0.6) is 0 Å². The van der Waals surface area contributed by atoms with Crippen LogP contribution in [0.1, 0.15) is 11.3 Å². The van der Waals surface area contributed by atoms with E-state index in [0.29, 0.717) is 48.8 Å². The van der Waals surface area contributed by atoms with Gasteiger partial charge in [0, 0.05) is 24.7 Å². The molecule has 1 amide bonds. The molecule has 0 unspecified atom stereocenters. The third-order valence-electron chi connectivity index (χ3n) is 5.96. The lowest BCUT2D eigenvalue weighted by Crippen LogP contribution is -2.46. The van der Waals surface area contributed by atoms with E-state index < -0.39 is 17.7 Å². The fourth-order valence-corrected chi connectivity index (χ4v) is 4.33. The molecule has 176 valence electrons. The molecule has 3 aromatic heterocycles. The van der Waals surface area contributed by atoms with Crippen molar-refractivity contribution in [2.45, 2.75) is 19.4 Å². The number of carbonyl (C=O) groups excluding carboxylic acids is 1. The van der Waals surface area contributed by atoms with E-state index in [-0.39, 0.29) is 17.4 Å². The van der Waals surface area contributed by atoms with Crippen molar-refractivity contribution < 1.29 is 27.5 Å². The van der Waals surface area contributed by atoms with Crippen LogP contribution in [0.3, 0.4) is 0 Å².